The molecule has 6 nitrogen and oxygen atoms in total. The lowest BCUT2D eigenvalue weighted by atomic mass is 10.0. The van der Waals surface area contributed by atoms with E-state index in [1.807, 2.05) is 28.8 Å². The van der Waals surface area contributed by atoms with Crippen molar-refractivity contribution in [2.24, 2.45) is 0 Å². The van der Waals surface area contributed by atoms with Gasteiger partial charge in [-0.25, -0.2) is 4.79 Å². The minimum atomic E-state index is -0.00152. The lowest BCUT2D eigenvalue weighted by Gasteiger charge is -2.32. The van der Waals surface area contributed by atoms with E-state index in [1.165, 1.54) is 11.5 Å². The van der Waals surface area contributed by atoms with Crippen molar-refractivity contribution in [3.63, 3.8) is 0 Å². The van der Waals surface area contributed by atoms with Crippen LogP contribution in [0.1, 0.15) is 24.4 Å². The van der Waals surface area contributed by atoms with E-state index in [1.54, 1.807) is 7.11 Å². The number of H-pyrrole nitrogens is 1. The molecule has 0 bridgehead atoms. The van der Waals surface area contributed by atoms with Crippen molar-refractivity contribution in [3.8, 4) is 5.88 Å². The third kappa shape index (κ3) is 2.74. The number of piperidine rings is 1. The van der Waals surface area contributed by atoms with E-state index in [2.05, 4.69) is 19.6 Å². The molecule has 24 heavy (non-hydrogen) atoms. The second-order valence-corrected chi connectivity index (χ2v) is 6.80. The van der Waals surface area contributed by atoms with E-state index in [9.17, 15) is 4.79 Å². The second-order valence-electron chi connectivity index (χ2n) is 6.17. The molecule has 2 aromatic heterocycles. The summed E-state index contributed by atoms with van der Waals surface area (Å²) in [5.74, 6) is 0.731. The molecule has 0 atom stereocenters. The third-order valence-corrected chi connectivity index (χ3v) is 5.40. The number of hydrogen-bond donors (Lipinski definition) is 1. The second kappa shape index (κ2) is 6.41. The molecule has 1 saturated heterocycles. The van der Waals surface area contributed by atoms with Crippen molar-refractivity contribution in [1.29, 1.82) is 0 Å². The van der Waals surface area contributed by atoms with Crippen molar-refractivity contribution in [2.75, 3.05) is 20.2 Å². The number of fused-ring (bicyclic) bond motifs is 1. The number of ether oxygens (including phenoxy) is 1. The molecule has 0 aliphatic carbocycles. The number of benzene rings is 1. The summed E-state index contributed by atoms with van der Waals surface area (Å²) in [5.41, 5.74) is 3.06. The quantitative estimate of drug-likeness (QED) is 0.790. The highest BCUT2D eigenvalue weighted by molar-refractivity contribution is 7.03. The average molecular weight is 344 g/mol. The largest absolute Gasteiger partial charge is 0.480 e. The van der Waals surface area contributed by atoms with E-state index >= 15 is 0 Å². The van der Waals surface area contributed by atoms with Crippen LogP contribution in [-0.4, -0.2) is 39.0 Å². The van der Waals surface area contributed by atoms with Gasteiger partial charge in [-0.15, -0.1) is 0 Å². The van der Waals surface area contributed by atoms with Gasteiger partial charge in [-0.3, -0.25) is 9.47 Å². The molecule has 1 N–H and O–H groups in total. The minimum Gasteiger partial charge on any atom is -0.480 e. The van der Waals surface area contributed by atoms with Crippen LogP contribution in [0.15, 0.2) is 34.4 Å². The van der Waals surface area contributed by atoms with Crippen LogP contribution in [0.5, 0.6) is 5.88 Å². The van der Waals surface area contributed by atoms with Gasteiger partial charge in [-0.1, -0.05) is 12.1 Å². The Morgan fingerprint density at radius 3 is 2.92 bits per heavy atom. The van der Waals surface area contributed by atoms with Crippen LogP contribution in [0.2, 0.25) is 0 Å². The normalized spacial score (nSPS) is 16.7. The number of aromatic nitrogens is 3. The fourth-order valence-electron chi connectivity index (χ4n) is 3.53. The Morgan fingerprint density at radius 1 is 1.33 bits per heavy atom. The van der Waals surface area contributed by atoms with Gasteiger partial charge in [0.25, 0.3) is 0 Å². The average Bonchev–Trinajstić information content (AvgIpc) is 3.18. The predicted octanol–water partition coefficient (Wildman–Crippen LogP) is 2.63. The van der Waals surface area contributed by atoms with Crippen molar-refractivity contribution in [1.82, 2.24) is 18.8 Å². The summed E-state index contributed by atoms with van der Waals surface area (Å²) in [7, 11) is 1.66. The zero-order valence-corrected chi connectivity index (χ0v) is 14.4. The third-order valence-electron chi connectivity index (χ3n) is 4.74. The highest BCUT2D eigenvalue weighted by atomic mass is 32.1. The molecule has 0 amide bonds. The maximum Gasteiger partial charge on any atom is 0.326 e. The first-order valence-corrected chi connectivity index (χ1v) is 8.99. The number of aromatic amines is 1. The molecule has 0 radical (unpaired) electrons. The summed E-state index contributed by atoms with van der Waals surface area (Å²) in [4.78, 5) is 17.7. The van der Waals surface area contributed by atoms with Gasteiger partial charge in [0.05, 0.1) is 18.1 Å². The summed E-state index contributed by atoms with van der Waals surface area (Å²) in [6.07, 6.45) is 1.95. The Kier molecular flexibility index (Phi) is 4.12. The van der Waals surface area contributed by atoms with Crippen LogP contribution in [0.25, 0.3) is 11.0 Å². The van der Waals surface area contributed by atoms with Crippen molar-refractivity contribution in [2.45, 2.75) is 25.4 Å². The van der Waals surface area contributed by atoms with Gasteiger partial charge in [-0.05, 0) is 36.5 Å². The zero-order chi connectivity index (χ0) is 16.5. The fraction of sp³-hybridized carbons (Fsp3) is 0.412. The fourth-order valence-corrected chi connectivity index (χ4v) is 4.18. The van der Waals surface area contributed by atoms with E-state index in [0.29, 0.717) is 0 Å². The Morgan fingerprint density at radius 2 is 2.12 bits per heavy atom. The molecule has 1 aliphatic rings. The summed E-state index contributed by atoms with van der Waals surface area (Å²) in [5, 5.41) is 2.05. The summed E-state index contributed by atoms with van der Waals surface area (Å²) in [6, 6.07) is 8.16. The molecule has 0 saturated carbocycles. The van der Waals surface area contributed by atoms with Crippen LogP contribution < -0.4 is 10.4 Å². The molecular formula is C17H20N4O2S. The van der Waals surface area contributed by atoms with Crippen LogP contribution in [0, 0.1) is 0 Å². The van der Waals surface area contributed by atoms with E-state index in [-0.39, 0.29) is 11.7 Å². The minimum absolute atomic E-state index is 0.00152. The molecule has 1 aromatic carbocycles. The number of rotatable bonds is 4. The van der Waals surface area contributed by atoms with Crippen molar-refractivity contribution < 1.29 is 4.74 Å². The van der Waals surface area contributed by atoms with Gasteiger partial charge in [0.15, 0.2) is 0 Å². The van der Waals surface area contributed by atoms with Gasteiger partial charge >= 0.3 is 5.69 Å². The number of hydrogen-bond acceptors (Lipinski definition) is 5. The van der Waals surface area contributed by atoms with E-state index < -0.39 is 0 Å². The first kappa shape index (κ1) is 15.4. The molecule has 126 valence electrons. The van der Waals surface area contributed by atoms with E-state index in [4.69, 9.17) is 4.74 Å². The number of imidazole rings is 1. The number of likely N-dealkylation sites (tertiary alicyclic amines) is 1. The Labute approximate surface area is 143 Å². The molecular weight excluding hydrogens is 324 g/mol. The molecule has 4 rings (SSSR count). The number of nitrogens with one attached hydrogen (secondary N) is 1. The molecule has 3 heterocycles. The van der Waals surface area contributed by atoms with E-state index in [0.717, 1.165) is 55.0 Å². The maximum atomic E-state index is 12.3. The maximum absolute atomic E-state index is 12.3. The van der Waals surface area contributed by atoms with Gasteiger partial charge < -0.3 is 9.72 Å². The van der Waals surface area contributed by atoms with Gasteiger partial charge in [0.2, 0.25) is 5.88 Å². The summed E-state index contributed by atoms with van der Waals surface area (Å²) in [6.45, 7) is 2.79. The topological polar surface area (TPSA) is 63.1 Å². The van der Waals surface area contributed by atoms with Crippen LogP contribution in [-0.2, 0) is 6.54 Å². The predicted molar refractivity (Wildman–Crippen MR) is 94.8 cm³/mol. The molecule has 3 aromatic rings. The van der Waals surface area contributed by atoms with Gasteiger partial charge in [0.1, 0.15) is 0 Å². The summed E-state index contributed by atoms with van der Waals surface area (Å²) < 4.78 is 11.5. The highest BCUT2D eigenvalue weighted by Crippen LogP contribution is 2.27. The van der Waals surface area contributed by atoms with Gasteiger partial charge in [0, 0.05) is 36.6 Å². The van der Waals surface area contributed by atoms with Crippen LogP contribution >= 0.6 is 11.5 Å². The number of nitrogens with zero attached hydrogens (tertiary/aromatic N) is 3. The monoisotopic (exact) mass is 344 g/mol. The first-order valence-electron chi connectivity index (χ1n) is 8.15. The molecule has 0 spiro atoms. The lowest BCUT2D eigenvalue weighted by molar-refractivity contribution is 0.178. The number of methoxy groups -OCH3 is 1. The smallest absolute Gasteiger partial charge is 0.326 e. The standard InChI is InChI=1S/C17H20N4O2S/c1-23-16-12(11-24-19-16)10-20-8-6-13(7-9-20)21-15-5-3-2-4-14(15)18-17(21)22/h2-5,11,13H,6-10H2,1H3,(H,18,22). The summed E-state index contributed by atoms with van der Waals surface area (Å²) >= 11 is 1.43. The highest BCUT2D eigenvalue weighted by Gasteiger charge is 2.24. The lowest BCUT2D eigenvalue weighted by Crippen LogP contribution is -2.36. The molecule has 1 aliphatic heterocycles. The Hall–Kier alpha value is -2.12. The molecule has 7 heteroatoms. The SMILES string of the molecule is COc1nscc1CN1CCC(n2c(=O)[nH]c3ccccc32)CC1. The first-order chi connectivity index (χ1) is 11.8. The zero-order valence-electron chi connectivity index (χ0n) is 13.6. The molecule has 1 fully saturated rings. The molecule has 0 unspecified atom stereocenters. The van der Waals surface area contributed by atoms with Crippen molar-refractivity contribution >= 4 is 22.6 Å². The van der Waals surface area contributed by atoms with Crippen LogP contribution in [0.3, 0.4) is 0 Å². The van der Waals surface area contributed by atoms with Crippen molar-refractivity contribution in [3.05, 3.63) is 45.7 Å². The Bertz CT molecular complexity index is 889. The Balaban J connectivity index is 1.48. The van der Waals surface area contributed by atoms with Gasteiger partial charge in [-0.2, -0.15) is 4.37 Å². The number of para-hydroxylation sites is 2. The van der Waals surface area contributed by atoms with Crippen LogP contribution in [0.4, 0.5) is 0 Å².